The molecule has 0 radical (unpaired) electrons. The van der Waals surface area contributed by atoms with Crippen LogP contribution >= 0.6 is 11.6 Å². The smallest absolute Gasteiger partial charge is 0.132 e. The Kier molecular flexibility index (Phi) is 5.46. The van der Waals surface area contributed by atoms with E-state index in [1.54, 1.807) is 12.1 Å². The summed E-state index contributed by atoms with van der Waals surface area (Å²) in [6.07, 6.45) is 0. The monoisotopic (exact) mass is 356 g/mol. The van der Waals surface area contributed by atoms with Crippen molar-refractivity contribution in [1.29, 1.82) is 0 Å². The van der Waals surface area contributed by atoms with Gasteiger partial charge in [-0.05, 0) is 36.2 Å². The Labute approximate surface area is 151 Å². The lowest BCUT2D eigenvalue weighted by Gasteiger charge is -2.11. The van der Waals surface area contributed by atoms with Gasteiger partial charge in [0.2, 0.25) is 0 Å². The number of anilines is 2. The molecule has 3 rings (SSSR count). The molecule has 0 bridgehead atoms. The molecule has 0 aliphatic rings. The summed E-state index contributed by atoms with van der Waals surface area (Å²) in [5, 5.41) is 7.21. The summed E-state index contributed by atoms with van der Waals surface area (Å²) in [5.74, 6) is 1.84. The molecule has 0 aliphatic carbocycles. The highest BCUT2D eigenvalue weighted by Crippen LogP contribution is 2.18. The zero-order chi connectivity index (χ0) is 17.6. The molecule has 6 heteroatoms. The maximum absolute atomic E-state index is 13.0. The Balaban J connectivity index is 1.65. The van der Waals surface area contributed by atoms with Gasteiger partial charge in [0.25, 0.3) is 0 Å². The Morgan fingerprint density at radius 2 is 1.56 bits per heavy atom. The number of halogens is 2. The van der Waals surface area contributed by atoms with Gasteiger partial charge in [0, 0.05) is 24.2 Å². The molecule has 0 saturated heterocycles. The molecule has 0 aliphatic heterocycles. The topological polar surface area (TPSA) is 49.8 Å². The summed E-state index contributed by atoms with van der Waals surface area (Å²) >= 11 is 6.17. The second-order valence-electron chi connectivity index (χ2n) is 5.61. The fourth-order valence-corrected chi connectivity index (χ4v) is 2.57. The van der Waals surface area contributed by atoms with E-state index in [2.05, 4.69) is 20.6 Å². The van der Waals surface area contributed by atoms with E-state index in [1.807, 2.05) is 37.3 Å². The molecular formula is C19H18ClFN4. The van der Waals surface area contributed by atoms with Crippen molar-refractivity contribution in [3.05, 3.63) is 82.4 Å². The van der Waals surface area contributed by atoms with Crippen molar-refractivity contribution in [3.63, 3.8) is 0 Å². The van der Waals surface area contributed by atoms with Gasteiger partial charge in [0.05, 0.1) is 0 Å². The molecule has 1 heterocycles. The van der Waals surface area contributed by atoms with Gasteiger partial charge < -0.3 is 10.6 Å². The van der Waals surface area contributed by atoms with Gasteiger partial charge in [-0.2, -0.15) is 0 Å². The summed E-state index contributed by atoms with van der Waals surface area (Å²) in [5.41, 5.74) is 1.98. The average Bonchev–Trinajstić information content (AvgIpc) is 2.60. The van der Waals surface area contributed by atoms with Gasteiger partial charge in [-0.25, -0.2) is 14.4 Å². The Bertz CT molecular complexity index is 852. The van der Waals surface area contributed by atoms with Crippen molar-refractivity contribution < 1.29 is 4.39 Å². The first-order chi connectivity index (χ1) is 12.1. The third kappa shape index (κ3) is 4.90. The second kappa shape index (κ2) is 7.94. The van der Waals surface area contributed by atoms with Crippen LogP contribution < -0.4 is 10.6 Å². The molecule has 25 heavy (non-hydrogen) atoms. The fourth-order valence-electron chi connectivity index (χ4n) is 2.37. The molecule has 0 spiro atoms. The van der Waals surface area contributed by atoms with Crippen LogP contribution in [0.25, 0.3) is 0 Å². The van der Waals surface area contributed by atoms with Gasteiger partial charge in [0.1, 0.15) is 23.3 Å². The highest BCUT2D eigenvalue weighted by atomic mass is 35.5. The van der Waals surface area contributed by atoms with Gasteiger partial charge in [0.15, 0.2) is 0 Å². The van der Waals surface area contributed by atoms with E-state index in [0.717, 1.165) is 16.1 Å². The lowest BCUT2D eigenvalue weighted by atomic mass is 10.2. The van der Waals surface area contributed by atoms with Gasteiger partial charge in [-0.1, -0.05) is 41.9 Å². The van der Waals surface area contributed by atoms with Crippen LogP contribution in [0.1, 0.15) is 17.0 Å². The number of hydrogen-bond donors (Lipinski definition) is 2. The quantitative estimate of drug-likeness (QED) is 0.666. The highest BCUT2D eigenvalue weighted by Gasteiger charge is 2.04. The van der Waals surface area contributed by atoms with E-state index in [1.165, 1.54) is 12.1 Å². The van der Waals surface area contributed by atoms with Crippen LogP contribution in [0, 0.1) is 12.7 Å². The van der Waals surface area contributed by atoms with Gasteiger partial charge in [-0.15, -0.1) is 0 Å². The summed E-state index contributed by atoms with van der Waals surface area (Å²) in [6, 6.07) is 15.9. The SMILES string of the molecule is Cc1nc(NCc2ccc(F)cc2)cc(NCc2ccccc2Cl)n1. The lowest BCUT2D eigenvalue weighted by Crippen LogP contribution is -2.07. The molecule has 0 saturated carbocycles. The first kappa shape index (κ1) is 17.2. The van der Waals surface area contributed by atoms with Crippen molar-refractivity contribution in [2.45, 2.75) is 20.0 Å². The van der Waals surface area contributed by atoms with Crippen molar-refractivity contribution in [3.8, 4) is 0 Å². The Hall–Kier alpha value is -2.66. The number of rotatable bonds is 6. The average molecular weight is 357 g/mol. The highest BCUT2D eigenvalue weighted by molar-refractivity contribution is 6.31. The van der Waals surface area contributed by atoms with Crippen LogP contribution in [0.5, 0.6) is 0 Å². The number of nitrogens with one attached hydrogen (secondary N) is 2. The maximum Gasteiger partial charge on any atom is 0.132 e. The van der Waals surface area contributed by atoms with E-state index in [9.17, 15) is 4.39 Å². The molecule has 2 aromatic carbocycles. The van der Waals surface area contributed by atoms with Crippen molar-refractivity contribution in [1.82, 2.24) is 9.97 Å². The lowest BCUT2D eigenvalue weighted by molar-refractivity contribution is 0.627. The zero-order valence-corrected chi connectivity index (χ0v) is 14.5. The van der Waals surface area contributed by atoms with E-state index >= 15 is 0 Å². The second-order valence-corrected chi connectivity index (χ2v) is 6.02. The molecule has 0 unspecified atom stereocenters. The number of hydrogen-bond acceptors (Lipinski definition) is 4. The minimum atomic E-state index is -0.243. The standard InChI is InChI=1S/C19H18ClFN4/c1-13-24-18(22-11-14-6-8-16(21)9-7-14)10-19(25-13)23-12-15-4-2-3-5-17(15)20/h2-10H,11-12H2,1H3,(H2,22,23,24,25). The summed E-state index contributed by atoms with van der Waals surface area (Å²) in [4.78, 5) is 8.77. The molecule has 0 amide bonds. The van der Waals surface area contributed by atoms with E-state index in [-0.39, 0.29) is 5.82 Å². The Morgan fingerprint density at radius 3 is 2.24 bits per heavy atom. The molecule has 0 fully saturated rings. The van der Waals surface area contributed by atoms with E-state index in [4.69, 9.17) is 11.6 Å². The zero-order valence-electron chi connectivity index (χ0n) is 13.8. The molecule has 1 aromatic heterocycles. The summed E-state index contributed by atoms with van der Waals surface area (Å²) < 4.78 is 13.0. The third-order valence-corrected chi connectivity index (χ3v) is 4.01. The van der Waals surface area contributed by atoms with Crippen LogP contribution in [0.2, 0.25) is 5.02 Å². The molecular weight excluding hydrogens is 339 g/mol. The number of aromatic nitrogens is 2. The maximum atomic E-state index is 13.0. The number of nitrogens with zero attached hydrogens (tertiary/aromatic N) is 2. The van der Waals surface area contributed by atoms with Crippen LogP contribution in [0.15, 0.2) is 54.6 Å². The molecule has 4 nitrogen and oxygen atoms in total. The first-order valence-corrected chi connectivity index (χ1v) is 8.29. The van der Waals surface area contributed by atoms with Crippen LogP contribution in [0.4, 0.5) is 16.0 Å². The van der Waals surface area contributed by atoms with Crippen LogP contribution in [0.3, 0.4) is 0 Å². The van der Waals surface area contributed by atoms with E-state index < -0.39 is 0 Å². The summed E-state index contributed by atoms with van der Waals surface area (Å²) in [7, 11) is 0. The van der Waals surface area contributed by atoms with Crippen molar-refractivity contribution in [2.24, 2.45) is 0 Å². The van der Waals surface area contributed by atoms with E-state index in [0.29, 0.717) is 30.5 Å². The van der Waals surface area contributed by atoms with Crippen LogP contribution in [-0.2, 0) is 13.1 Å². The minimum Gasteiger partial charge on any atom is -0.366 e. The largest absolute Gasteiger partial charge is 0.366 e. The molecule has 128 valence electrons. The number of benzene rings is 2. The normalized spacial score (nSPS) is 10.5. The molecule has 0 atom stereocenters. The Morgan fingerprint density at radius 1 is 0.920 bits per heavy atom. The molecule has 2 N–H and O–H groups in total. The minimum absolute atomic E-state index is 0.243. The first-order valence-electron chi connectivity index (χ1n) is 7.91. The third-order valence-electron chi connectivity index (χ3n) is 3.64. The van der Waals surface area contributed by atoms with Crippen molar-refractivity contribution >= 4 is 23.2 Å². The van der Waals surface area contributed by atoms with Gasteiger partial charge in [-0.3, -0.25) is 0 Å². The predicted molar refractivity (Wildman–Crippen MR) is 99.3 cm³/mol. The van der Waals surface area contributed by atoms with Gasteiger partial charge >= 0.3 is 0 Å². The predicted octanol–water partition coefficient (Wildman–Crippen LogP) is 4.80. The number of aryl methyl sites for hydroxylation is 1. The van der Waals surface area contributed by atoms with Crippen LogP contribution in [-0.4, -0.2) is 9.97 Å². The molecule has 3 aromatic rings. The fraction of sp³-hybridized carbons (Fsp3) is 0.158. The van der Waals surface area contributed by atoms with Crippen molar-refractivity contribution in [2.75, 3.05) is 10.6 Å². The summed E-state index contributed by atoms with van der Waals surface area (Å²) in [6.45, 7) is 2.97.